The second kappa shape index (κ2) is 8.22. The lowest BCUT2D eigenvalue weighted by Gasteiger charge is -2.22. The van der Waals surface area contributed by atoms with Crippen molar-refractivity contribution in [2.24, 2.45) is 0 Å². The molecule has 0 fully saturated rings. The summed E-state index contributed by atoms with van der Waals surface area (Å²) in [6.45, 7) is 0.801. The van der Waals surface area contributed by atoms with Crippen LogP contribution in [-0.4, -0.2) is 39.3 Å². The van der Waals surface area contributed by atoms with Crippen LogP contribution in [0.1, 0.15) is 15.9 Å². The summed E-state index contributed by atoms with van der Waals surface area (Å²) in [5, 5.41) is 18.9. The number of carboxylic acids is 1. The molecule has 3 aromatic rings. The van der Waals surface area contributed by atoms with E-state index in [0.29, 0.717) is 30.3 Å². The Morgan fingerprint density at radius 3 is 2.27 bits per heavy atom. The van der Waals surface area contributed by atoms with Gasteiger partial charge >= 0.3 is 5.97 Å². The van der Waals surface area contributed by atoms with Crippen LogP contribution < -0.4 is 4.90 Å². The van der Waals surface area contributed by atoms with E-state index in [1.807, 2.05) is 65.6 Å². The lowest BCUT2D eigenvalue weighted by Crippen LogP contribution is -2.28. The number of nitrogens with zero attached hydrogens (tertiary/aromatic N) is 3. The van der Waals surface area contributed by atoms with E-state index in [4.69, 9.17) is 0 Å². The minimum atomic E-state index is -1.08. The lowest BCUT2D eigenvalue weighted by atomic mass is 10.1. The van der Waals surface area contributed by atoms with E-state index in [2.05, 4.69) is 9.97 Å². The first-order valence-corrected chi connectivity index (χ1v) is 8.24. The summed E-state index contributed by atoms with van der Waals surface area (Å²) in [6, 6.07) is 18.9. The monoisotopic (exact) mass is 349 g/mol. The van der Waals surface area contributed by atoms with Crippen LogP contribution in [0.25, 0.3) is 11.3 Å². The van der Waals surface area contributed by atoms with Crippen LogP contribution in [0.4, 0.5) is 5.95 Å². The van der Waals surface area contributed by atoms with Gasteiger partial charge in [0.1, 0.15) is 5.56 Å². The van der Waals surface area contributed by atoms with E-state index < -0.39 is 5.97 Å². The molecule has 1 aromatic heterocycles. The number of aromatic nitrogens is 2. The SMILES string of the molecule is O=C(O)c1cnc(N(CCO)Cc2ccccc2)nc1-c1ccccc1. The van der Waals surface area contributed by atoms with Crippen molar-refractivity contribution in [3.05, 3.63) is 78.0 Å². The van der Waals surface area contributed by atoms with E-state index in [1.54, 1.807) is 0 Å². The number of carboxylic acid groups (broad SMARTS) is 1. The summed E-state index contributed by atoms with van der Waals surface area (Å²) < 4.78 is 0. The number of carbonyl (C=O) groups is 1. The minimum absolute atomic E-state index is 0.0450. The lowest BCUT2D eigenvalue weighted by molar-refractivity contribution is 0.0697. The molecule has 0 unspecified atom stereocenters. The second-order valence-corrected chi connectivity index (χ2v) is 5.73. The van der Waals surface area contributed by atoms with Gasteiger partial charge in [-0.1, -0.05) is 60.7 Å². The van der Waals surface area contributed by atoms with Crippen LogP contribution in [0.5, 0.6) is 0 Å². The highest BCUT2D eigenvalue weighted by molar-refractivity contribution is 5.94. The van der Waals surface area contributed by atoms with Crippen molar-refractivity contribution in [2.75, 3.05) is 18.1 Å². The molecule has 132 valence electrons. The maximum absolute atomic E-state index is 11.6. The van der Waals surface area contributed by atoms with Crippen molar-refractivity contribution in [1.29, 1.82) is 0 Å². The van der Waals surface area contributed by atoms with Crippen molar-refractivity contribution < 1.29 is 15.0 Å². The molecule has 3 rings (SSSR count). The van der Waals surface area contributed by atoms with Gasteiger partial charge in [-0.25, -0.2) is 14.8 Å². The highest BCUT2D eigenvalue weighted by Gasteiger charge is 2.18. The van der Waals surface area contributed by atoms with Crippen LogP contribution in [0.15, 0.2) is 66.9 Å². The van der Waals surface area contributed by atoms with Gasteiger partial charge in [-0.15, -0.1) is 0 Å². The van der Waals surface area contributed by atoms with Gasteiger partial charge in [0.15, 0.2) is 0 Å². The summed E-state index contributed by atoms with van der Waals surface area (Å²) in [4.78, 5) is 22.1. The predicted octanol–water partition coefficient (Wildman–Crippen LogP) is 2.84. The average molecular weight is 349 g/mol. The Bertz CT molecular complexity index is 870. The Labute approximate surface area is 151 Å². The average Bonchev–Trinajstić information content (AvgIpc) is 2.68. The highest BCUT2D eigenvalue weighted by atomic mass is 16.4. The molecule has 0 amide bonds. The third kappa shape index (κ3) is 4.04. The molecular formula is C20H19N3O3. The molecule has 0 radical (unpaired) electrons. The van der Waals surface area contributed by atoms with E-state index >= 15 is 0 Å². The van der Waals surface area contributed by atoms with E-state index in [9.17, 15) is 15.0 Å². The third-order valence-corrected chi connectivity index (χ3v) is 3.92. The minimum Gasteiger partial charge on any atom is -0.478 e. The van der Waals surface area contributed by atoms with Crippen molar-refractivity contribution in [3.63, 3.8) is 0 Å². The van der Waals surface area contributed by atoms with Gasteiger partial charge < -0.3 is 15.1 Å². The maximum Gasteiger partial charge on any atom is 0.339 e. The number of aromatic carboxylic acids is 1. The van der Waals surface area contributed by atoms with Crippen LogP contribution >= 0.6 is 0 Å². The van der Waals surface area contributed by atoms with Crippen LogP contribution in [0, 0.1) is 0 Å². The van der Waals surface area contributed by atoms with Gasteiger partial charge in [0, 0.05) is 24.8 Å². The van der Waals surface area contributed by atoms with Gasteiger partial charge in [0.2, 0.25) is 5.95 Å². The van der Waals surface area contributed by atoms with Crippen molar-refractivity contribution in [1.82, 2.24) is 9.97 Å². The number of rotatable bonds is 7. The zero-order valence-corrected chi connectivity index (χ0v) is 14.1. The zero-order chi connectivity index (χ0) is 18.4. The maximum atomic E-state index is 11.6. The summed E-state index contributed by atoms with van der Waals surface area (Å²) in [7, 11) is 0. The van der Waals surface area contributed by atoms with Gasteiger partial charge in [0.05, 0.1) is 12.3 Å². The molecular weight excluding hydrogens is 330 g/mol. The topological polar surface area (TPSA) is 86.5 Å². The Morgan fingerprint density at radius 2 is 1.65 bits per heavy atom. The van der Waals surface area contributed by atoms with Gasteiger partial charge in [-0.3, -0.25) is 0 Å². The summed E-state index contributed by atoms with van der Waals surface area (Å²) >= 11 is 0. The van der Waals surface area contributed by atoms with Crippen LogP contribution in [0.3, 0.4) is 0 Å². The molecule has 0 aliphatic carbocycles. The Balaban J connectivity index is 2.01. The molecule has 2 aromatic carbocycles. The van der Waals surface area contributed by atoms with Crippen molar-refractivity contribution >= 4 is 11.9 Å². The molecule has 0 aliphatic heterocycles. The molecule has 0 atom stereocenters. The van der Waals surface area contributed by atoms with E-state index in [-0.39, 0.29) is 12.2 Å². The first kappa shape index (κ1) is 17.6. The molecule has 6 nitrogen and oxygen atoms in total. The fraction of sp³-hybridized carbons (Fsp3) is 0.150. The fourth-order valence-corrected chi connectivity index (χ4v) is 2.67. The van der Waals surface area contributed by atoms with Crippen LogP contribution in [0.2, 0.25) is 0 Å². The highest BCUT2D eigenvalue weighted by Crippen LogP contribution is 2.24. The number of anilines is 1. The van der Waals surface area contributed by atoms with Crippen molar-refractivity contribution in [2.45, 2.75) is 6.54 Å². The molecule has 26 heavy (non-hydrogen) atoms. The molecule has 0 saturated heterocycles. The van der Waals surface area contributed by atoms with Crippen LogP contribution in [-0.2, 0) is 6.54 Å². The first-order valence-electron chi connectivity index (χ1n) is 8.24. The Morgan fingerprint density at radius 1 is 1.00 bits per heavy atom. The fourth-order valence-electron chi connectivity index (χ4n) is 2.67. The zero-order valence-electron chi connectivity index (χ0n) is 14.1. The predicted molar refractivity (Wildman–Crippen MR) is 99.0 cm³/mol. The summed E-state index contributed by atoms with van der Waals surface area (Å²) in [6.07, 6.45) is 1.32. The molecule has 0 bridgehead atoms. The van der Waals surface area contributed by atoms with E-state index in [1.165, 1.54) is 6.20 Å². The molecule has 0 aliphatic rings. The number of benzene rings is 2. The number of aliphatic hydroxyl groups excluding tert-OH is 1. The summed E-state index contributed by atoms with van der Waals surface area (Å²) in [5.74, 6) is -0.695. The quantitative estimate of drug-likeness (QED) is 0.682. The number of hydrogen-bond donors (Lipinski definition) is 2. The van der Waals surface area contributed by atoms with E-state index in [0.717, 1.165) is 5.56 Å². The summed E-state index contributed by atoms with van der Waals surface area (Å²) in [5.41, 5.74) is 2.16. The standard InChI is InChI=1S/C20H19N3O3/c24-12-11-23(14-15-7-3-1-4-8-15)20-21-13-17(19(25)26)18(22-20)16-9-5-2-6-10-16/h1-10,13,24H,11-12,14H2,(H,25,26). The second-order valence-electron chi connectivity index (χ2n) is 5.73. The Kier molecular flexibility index (Phi) is 5.56. The molecule has 2 N–H and O–H groups in total. The van der Waals surface area contributed by atoms with Gasteiger partial charge in [-0.05, 0) is 5.56 Å². The molecule has 0 saturated carbocycles. The Hall–Kier alpha value is -3.25. The van der Waals surface area contributed by atoms with Gasteiger partial charge in [0.25, 0.3) is 0 Å². The smallest absolute Gasteiger partial charge is 0.339 e. The van der Waals surface area contributed by atoms with Crippen molar-refractivity contribution in [3.8, 4) is 11.3 Å². The third-order valence-electron chi connectivity index (χ3n) is 3.92. The normalized spacial score (nSPS) is 10.5. The number of aliphatic hydroxyl groups is 1. The number of hydrogen-bond acceptors (Lipinski definition) is 5. The van der Waals surface area contributed by atoms with Gasteiger partial charge in [-0.2, -0.15) is 0 Å². The first-order chi connectivity index (χ1) is 12.7. The largest absolute Gasteiger partial charge is 0.478 e. The molecule has 0 spiro atoms. The molecule has 1 heterocycles. The molecule has 6 heteroatoms.